The fraction of sp³-hybridized carbons (Fsp3) is 0.667. The zero-order valence-corrected chi connectivity index (χ0v) is 7.65. The predicted octanol–water partition coefficient (Wildman–Crippen LogP) is 0.675. The Morgan fingerprint density at radius 2 is 1.93 bits per heavy atom. The van der Waals surface area contributed by atoms with E-state index >= 15 is 0 Å². The van der Waals surface area contributed by atoms with Crippen molar-refractivity contribution in [2.45, 2.75) is 32.1 Å². The first kappa shape index (κ1) is 10.7. The molecule has 0 aliphatic heterocycles. The smallest absolute Gasteiger partial charge is 0.317 e. The molecule has 14 heavy (non-hydrogen) atoms. The summed E-state index contributed by atoms with van der Waals surface area (Å²) in [5.74, 6) is -2.98. The molecular weight excluding hydrogens is 188 g/mol. The van der Waals surface area contributed by atoms with E-state index < -0.39 is 29.6 Å². The molecule has 1 aliphatic rings. The summed E-state index contributed by atoms with van der Waals surface area (Å²) in [6.07, 6.45) is 0.993. The molecule has 1 aliphatic carbocycles. The van der Waals surface area contributed by atoms with E-state index in [0.717, 1.165) is 0 Å². The molecular formula is C9H12O5. The van der Waals surface area contributed by atoms with Crippen molar-refractivity contribution in [2.75, 3.05) is 0 Å². The molecule has 0 radical (unpaired) electrons. The summed E-state index contributed by atoms with van der Waals surface area (Å²) in [5.41, 5.74) is -1.66. The third kappa shape index (κ3) is 1.76. The van der Waals surface area contributed by atoms with Gasteiger partial charge in [0.1, 0.15) is 5.41 Å². The zero-order valence-electron chi connectivity index (χ0n) is 7.65. The van der Waals surface area contributed by atoms with Crippen molar-refractivity contribution in [3.63, 3.8) is 0 Å². The second kappa shape index (κ2) is 3.77. The van der Waals surface area contributed by atoms with Crippen molar-refractivity contribution in [3.05, 3.63) is 0 Å². The maximum atomic E-state index is 11.4. The largest absolute Gasteiger partial charge is 0.481 e. The minimum Gasteiger partial charge on any atom is -0.481 e. The Labute approximate surface area is 80.7 Å². The van der Waals surface area contributed by atoms with Gasteiger partial charge in [0.05, 0.1) is 6.42 Å². The molecule has 1 unspecified atom stereocenters. The van der Waals surface area contributed by atoms with Gasteiger partial charge in [-0.05, 0) is 12.8 Å². The summed E-state index contributed by atoms with van der Waals surface area (Å²) in [7, 11) is 0. The molecule has 1 fully saturated rings. The average molecular weight is 200 g/mol. The van der Waals surface area contributed by atoms with Gasteiger partial charge < -0.3 is 10.2 Å². The molecule has 1 saturated carbocycles. The lowest BCUT2D eigenvalue weighted by Gasteiger charge is -2.29. The Kier molecular flexibility index (Phi) is 2.88. The number of carboxylic acids is 2. The quantitative estimate of drug-likeness (QED) is 0.653. The van der Waals surface area contributed by atoms with Gasteiger partial charge in [0.2, 0.25) is 0 Å². The lowest BCUT2D eigenvalue weighted by molar-refractivity contribution is -0.163. The van der Waals surface area contributed by atoms with Crippen molar-refractivity contribution < 1.29 is 24.6 Å². The van der Waals surface area contributed by atoms with Crippen molar-refractivity contribution in [3.8, 4) is 0 Å². The highest BCUT2D eigenvalue weighted by molar-refractivity contribution is 6.05. The first-order valence-electron chi connectivity index (χ1n) is 4.47. The van der Waals surface area contributed by atoms with Gasteiger partial charge in [0.15, 0.2) is 5.78 Å². The maximum Gasteiger partial charge on any atom is 0.317 e. The van der Waals surface area contributed by atoms with Crippen LogP contribution in [-0.4, -0.2) is 27.9 Å². The van der Waals surface area contributed by atoms with Gasteiger partial charge in [-0.3, -0.25) is 14.4 Å². The summed E-state index contributed by atoms with van der Waals surface area (Å²) in [6.45, 7) is 0. The van der Waals surface area contributed by atoms with Crippen LogP contribution < -0.4 is 0 Å². The molecule has 1 rings (SSSR count). The number of hydrogen-bond donors (Lipinski definition) is 2. The molecule has 2 N–H and O–H groups in total. The average Bonchev–Trinajstić information content (AvgIpc) is 2.08. The van der Waals surface area contributed by atoms with E-state index in [2.05, 4.69) is 0 Å². The van der Waals surface area contributed by atoms with Crippen LogP contribution in [0.25, 0.3) is 0 Å². The minimum atomic E-state index is -1.66. The fourth-order valence-corrected chi connectivity index (χ4v) is 1.84. The van der Waals surface area contributed by atoms with Crippen LogP contribution in [0.5, 0.6) is 0 Å². The third-order valence-electron chi connectivity index (χ3n) is 2.65. The minimum absolute atomic E-state index is 0.146. The van der Waals surface area contributed by atoms with E-state index in [1.165, 1.54) is 0 Å². The second-order valence-electron chi connectivity index (χ2n) is 3.59. The molecule has 1 atom stereocenters. The van der Waals surface area contributed by atoms with E-state index in [0.29, 0.717) is 12.8 Å². The number of aliphatic carboxylic acids is 2. The summed E-state index contributed by atoms with van der Waals surface area (Å²) < 4.78 is 0. The van der Waals surface area contributed by atoms with Crippen molar-refractivity contribution >= 4 is 17.7 Å². The van der Waals surface area contributed by atoms with Gasteiger partial charge in [-0.1, -0.05) is 6.42 Å². The topological polar surface area (TPSA) is 91.7 Å². The van der Waals surface area contributed by atoms with Crippen LogP contribution in [0, 0.1) is 5.41 Å². The van der Waals surface area contributed by atoms with E-state index in [1.807, 2.05) is 0 Å². The van der Waals surface area contributed by atoms with Gasteiger partial charge in [0.25, 0.3) is 0 Å². The molecule has 0 aromatic heterocycles. The molecule has 5 nitrogen and oxygen atoms in total. The molecule has 0 amide bonds. The van der Waals surface area contributed by atoms with Gasteiger partial charge in [0, 0.05) is 6.42 Å². The highest BCUT2D eigenvalue weighted by Gasteiger charge is 2.48. The molecule has 78 valence electrons. The molecule has 0 aromatic rings. The Bertz CT molecular complexity index is 283. The first-order chi connectivity index (χ1) is 6.49. The van der Waals surface area contributed by atoms with Gasteiger partial charge in [-0.25, -0.2) is 0 Å². The van der Waals surface area contributed by atoms with Gasteiger partial charge >= 0.3 is 11.9 Å². The molecule has 0 aromatic carbocycles. The number of carboxylic acid groups (broad SMARTS) is 2. The fourth-order valence-electron chi connectivity index (χ4n) is 1.84. The summed E-state index contributed by atoms with van der Waals surface area (Å²) in [4.78, 5) is 32.9. The lowest BCUT2D eigenvalue weighted by Crippen LogP contribution is -2.43. The number of Topliss-reactive ketones (excluding diaryl/α,β-unsaturated/α-hetero) is 1. The standard InChI is InChI=1S/C9H12O5/c10-6-3-1-2-4-9(6,8(13)14)5-7(11)12/h1-5H2,(H,11,12)(H,13,14). The van der Waals surface area contributed by atoms with Crippen molar-refractivity contribution in [1.82, 2.24) is 0 Å². The Morgan fingerprint density at radius 3 is 2.36 bits per heavy atom. The molecule has 0 heterocycles. The van der Waals surface area contributed by atoms with Crippen molar-refractivity contribution in [2.24, 2.45) is 5.41 Å². The molecule has 5 heteroatoms. The van der Waals surface area contributed by atoms with Crippen LogP contribution in [0.2, 0.25) is 0 Å². The normalized spacial score (nSPS) is 27.3. The summed E-state index contributed by atoms with van der Waals surface area (Å²) in [5, 5.41) is 17.5. The lowest BCUT2D eigenvalue weighted by atomic mass is 9.71. The van der Waals surface area contributed by atoms with Crippen molar-refractivity contribution in [1.29, 1.82) is 0 Å². The van der Waals surface area contributed by atoms with Gasteiger partial charge in [-0.2, -0.15) is 0 Å². The van der Waals surface area contributed by atoms with E-state index in [4.69, 9.17) is 10.2 Å². The highest BCUT2D eigenvalue weighted by Crippen LogP contribution is 2.36. The highest BCUT2D eigenvalue weighted by atomic mass is 16.4. The van der Waals surface area contributed by atoms with Crippen LogP contribution in [-0.2, 0) is 14.4 Å². The molecule has 0 saturated heterocycles. The third-order valence-corrected chi connectivity index (χ3v) is 2.65. The molecule has 0 bridgehead atoms. The SMILES string of the molecule is O=C(O)CC1(C(=O)O)CCCCC1=O. The maximum absolute atomic E-state index is 11.4. The number of hydrogen-bond acceptors (Lipinski definition) is 3. The monoisotopic (exact) mass is 200 g/mol. The van der Waals surface area contributed by atoms with Crippen LogP contribution >= 0.6 is 0 Å². The van der Waals surface area contributed by atoms with Crippen LogP contribution in [0.3, 0.4) is 0 Å². The summed E-state index contributed by atoms with van der Waals surface area (Å²) in [6, 6.07) is 0. The van der Waals surface area contributed by atoms with Crippen LogP contribution in [0.1, 0.15) is 32.1 Å². The van der Waals surface area contributed by atoms with E-state index in [-0.39, 0.29) is 12.8 Å². The van der Waals surface area contributed by atoms with E-state index in [9.17, 15) is 14.4 Å². The van der Waals surface area contributed by atoms with Crippen LogP contribution in [0.15, 0.2) is 0 Å². The zero-order chi connectivity index (χ0) is 10.8. The van der Waals surface area contributed by atoms with E-state index in [1.54, 1.807) is 0 Å². The number of carbonyl (C=O) groups is 3. The summed E-state index contributed by atoms with van der Waals surface area (Å²) >= 11 is 0. The first-order valence-corrected chi connectivity index (χ1v) is 4.47. The van der Waals surface area contributed by atoms with Crippen LogP contribution in [0.4, 0.5) is 0 Å². The Balaban J connectivity index is 2.95. The number of ketones is 1. The molecule has 0 spiro atoms. The Hall–Kier alpha value is -1.39. The second-order valence-corrected chi connectivity index (χ2v) is 3.59. The Morgan fingerprint density at radius 1 is 1.29 bits per heavy atom. The number of carbonyl (C=O) groups excluding carboxylic acids is 1. The predicted molar refractivity (Wildman–Crippen MR) is 45.8 cm³/mol. The number of rotatable bonds is 3. The van der Waals surface area contributed by atoms with Gasteiger partial charge in [-0.15, -0.1) is 0 Å².